The standard InChI is InChI=1S/C22H28F2N3O9PS/c1-12(2)34-19(31)13(3)26-37(38,36-14-7-5-4-6-8-14)33-11-22(20(23)24)17(30)16(29)18(35-22)27-10-9-15(28)25-21(27)32/h4-10,12-13,16-18,20,29-30H,11H2,1-3H3,(H,26,38)(H,25,28,32)/t13-,16-,17+,18-,22-,37?/m1/s1. The van der Waals surface area contributed by atoms with E-state index in [9.17, 15) is 33.4 Å². The first-order valence-electron chi connectivity index (χ1n) is 11.4. The van der Waals surface area contributed by atoms with Crippen molar-refractivity contribution in [2.75, 3.05) is 6.61 Å². The molecule has 2 heterocycles. The molecule has 16 heteroatoms. The Hall–Kier alpha value is -2.52. The van der Waals surface area contributed by atoms with Crippen molar-refractivity contribution < 1.29 is 42.3 Å². The molecule has 0 saturated carbocycles. The third kappa shape index (κ3) is 6.72. The van der Waals surface area contributed by atoms with Crippen LogP contribution in [0.5, 0.6) is 5.75 Å². The van der Waals surface area contributed by atoms with Crippen molar-refractivity contribution in [3.05, 3.63) is 63.4 Å². The molecular formula is C22H28F2N3O9PS. The van der Waals surface area contributed by atoms with E-state index in [2.05, 4.69) is 5.09 Å². The van der Waals surface area contributed by atoms with E-state index in [0.717, 1.165) is 12.3 Å². The summed E-state index contributed by atoms with van der Waals surface area (Å²) in [6.45, 7) is -0.247. The maximum atomic E-state index is 14.4. The van der Waals surface area contributed by atoms with E-state index in [1.165, 1.54) is 19.1 Å². The van der Waals surface area contributed by atoms with Gasteiger partial charge in [0, 0.05) is 12.3 Å². The molecule has 12 nitrogen and oxygen atoms in total. The fraction of sp³-hybridized carbons (Fsp3) is 0.500. The normalized spacial score (nSPS) is 25.8. The zero-order chi connectivity index (χ0) is 28.3. The molecule has 1 saturated heterocycles. The molecule has 0 spiro atoms. The lowest BCUT2D eigenvalue weighted by molar-refractivity contribution is -0.192. The van der Waals surface area contributed by atoms with Crippen LogP contribution in [0.1, 0.15) is 27.0 Å². The number of rotatable bonds is 11. The monoisotopic (exact) mass is 579 g/mol. The predicted octanol–water partition coefficient (Wildman–Crippen LogP) is 1.04. The van der Waals surface area contributed by atoms with Gasteiger partial charge in [-0.15, -0.1) is 0 Å². The Morgan fingerprint density at radius 3 is 2.47 bits per heavy atom. The molecular weight excluding hydrogens is 551 g/mol. The number of carbonyl (C=O) groups excluding carboxylic acids is 1. The summed E-state index contributed by atoms with van der Waals surface area (Å²) in [4.78, 5) is 37.8. The molecule has 1 aliphatic rings. The molecule has 1 aromatic carbocycles. The summed E-state index contributed by atoms with van der Waals surface area (Å²) in [6, 6.07) is 7.82. The Morgan fingerprint density at radius 2 is 1.89 bits per heavy atom. The third-order valence-electron chi connectivity index (χ3n) is 5.44. The van der Waals surface area contributed by atoms with Gasteiger partial charge in [0.2, 0.25) is 0 Å². The van der Waals surface area contributed by atoms with Crippen molar-refractivity contribution in [1.82, 2.24) is 14.6 Å². The van der Waals surface area contributed by atoms with E-state index >= 15 is 0 Å². The zero-order valence-electron chi connectivity index (χ0n) is 20.5. The molecule has 0 radical (unpaired) electrons. The second kappa shape index (κ2) is 12.1. The van der Waals surface area contributed by atoms with Crippen LogP contribution in [0.4, 0.5) is 8.78 Å². The number of aliphatic hydroxyl groups excluding tert-OH is 2. The Labute approximate surface area is 220 Å². The molecule has 0 bridgehead atoms. The molecule has 6 atom stereocenters. The van der Waals surface area contributed by atoms with Crippen molar-refractivity contribution in [3.63, 3.8) is 0 Å². The van der Waals surface area contributed by atoms with E-state index in [0.29, 0.717) is 4.57 Å². The Morgan fingerprint density at radius 1 is 1.24 bits per heavy atom. The van der Waals surface area contributed by atoms with Gasteiger partial charge in [-0.2, -0.15) is 0 Å². The summed E-state index contributed by atoms with van der Waals surface area (Å²) >= 11 is 5.50. The zero-order valence-corrected chi connectivity index (χ0v) is 22.2. The van der Waals surface area contributed by atoms with Gasteiger partial charge in [0.15, 0.2) is 11.8 Å². The summed E-state index contributed by atoms with van der Waals surface area (Å²) in [7, 11) is 0. The number of nitrogens with zero attached hydrogens (tertiary/aromatic N) is 1. The van der Waals surface area contributed by atoms with Gasteiger partial charge >= 0.3 is 18.3 Å². The number of alkyl halides is 2. The molecule has 3 rings (SSSR count). The van der Waals surface area contributed by atoms with Gasteiger partial charge in [0.05, 0.1) is 12.7 Å². The first-order valence-corrected chi connectivity index (χ1v) is 14.0. The van der Waals surface area contributed by atoms with E-state index < -0.39 is 73.1 Å². The SMILES string of the molecule is CC(C)OC(=O)[C@@H](C)NP(=S)(OC[C@@]1(C(F)F)O[C@@H](n2ccc(=O)[nH]c2=O)[C@H](O)[C@@H]1O)Oc1ccccc1. The molecule has 0 amide bonds. The number of hydrogen-bond donors (Lipinski definition) is 4. The minimum Gasteiger partial charge on any atom is -0.462 e. The molecule has 0 aliphatic carbocycles. The quantitative estimate of drug-likeness (QED) is 0.222. The second-order valence-corrected chi connectivity index (χ2v) is 11.9. The summed E-state index contributed by atoms with van der Waals surface area (Å²) in [5.41, 5.74) is -4.69. The van der Waals surface area contributed by atoms with Gasteiger partial charge in [-0.05, 0) is 44.7 Å². The van der Waals surface area contributed by atoms with Gasteiger partial charge in [-0.1, -0.05) is 18.2 Å². The summed E-state index contributed by atoms with van der Waals surface area (Å²) in [5, 5.41) is 23.8. The number of nitrogens with one attached hydrogen (secondary N) is 2. The smallest absolute Gasteiger partial charge is 0.330 e. The van der Waals surface area contributed by atoms with E-state index in [1.807, 2.05) is 4.98 Å². The van der Waals surface area contributed by atoms with Gasteiger partial charge in [0.1, 0.15) is 24.0 Å². The highest BCUT2D eigenvalue weighted by Gasteiger charge is 2.61. The topological polar surface area (TPSA) is 161 Å². The number of carbonyl (C=O) groups is 1. The van der Waals surface area contributed by atoms with Crippen LogP contribution in [-0.2, 0) is 30.6 Å². The highest BCUT2D eigenvalue weighted by atomic mass is 32.5. The lowest BCUT2D eigenvalue weighted by atomic mass is 9.96. The highest BCUT2D eigenvalue weighted by Crippen LogP contribution is 2.49. The Kier molecular flexibility index (Phi) is 9.57. The largest absolute Gasteiger partial charge is 0.462 e. The number of aromatic amines is 1. The van der Waals surface area contributed by atoms with Crippen LogP contribution < -0.4 is 20.9 Å². The van der Waals surface area contributed by atoms with Crippen LogP contribution in [0.2, 0.25) is 0 Å². The molecule has 4 N–H and O–H groups in total. The van der Waals surface area contributed by atoms with Crippen molar-refractivity contribution in [1.29, 1.82) is 0 Å². The number of para-hydroxylation sites is 1. The summed E-state index contributed by atoms with van der Waals surface area (Å²) < 4.78 is 51.4. The lowest BCUT2D eigenvalue weighted by Gasteiger charge is -2.34. The number of H-pyrrole nitrogens is 1. The van der Waals surface area contributed by atoms with Gasteiger partial charge in [-0.25, -0.2) is 18.7 Å². The van der Waals surface area contributed by atoms with Crippen LogP contribution in [0.3, 0.4) is 0 Å². The summed E-state index contributed by atoms with van der Waals surface area (Å²) in [6.07, 6.45) is -9.03. The van der Waals surface area contributed by atoms with Crippen molar-refractivity contribution in [2.45, 2.75) is 63.4 Å². The average molecular weight is 580 g/mol. The van der Waals surface area contributed by atoms with Crippen LogP contribution in [-0.4, -0.2) is 68.7 Å². The predicted molar refractivity (Wildman–Crippen MR) is 133 cm³/mol. The van der Waals surface area contributed by atoms with E-state index in [1.54, 1.807) is 32.0 Å². The number of aliphatic hydroxyl groups is 2. The van der Waals surface area contributed by atoms with Crippen molar-refractivity contribution in [2.24, 2.45) is 0 Å². The number of hydrogen-bond acceptors (Lipinski definition) is 10. The maximum Gasteiger partial charge on any atom is 0.330 e. The van der Waals surface area contributed by atoms with Gasteiger partial charge in [0.25, 0.3) is 12.0 Å². The maximum absolute atomic E-state index is 14.4. The van der Waals surface area contributed by atoms with Crippen LogP contribution in [0.15, 0.2) is 52.2 Å². The van der Waals surface area contributed by atoms with Gasteiger partial charge < -0.3 is 28.7 Å². The van der Waals surface area contributed by atoms with E-state index in [4.69, 9.17) is 30.3 Å². The molecule has 1 unspecified atom stereocenters. The first kappa shape index (κ1) is 30.0. The molecule has 1 aliphatic heterocycles. The molecule has 1 fully saturated rings. The van der Waals surface area contributed by atoms with Crippen LogP contribution in [0.25, 0.3) is 0 Å². The van der Waals surface area contributed by atoms with Crippen molar-refractivity contribution >= 4 is 24.4 Å². The number of esters is 1. The van der Waals surface area contributed by atoms with E-state index in [-0.39, 0.29) is 5.75 Å². The van der Waals surface area contributed by atoms with Gasteiger partial charge in [-0.3, -0.25) is 19.1 Å². The minimum atomic E-state index is -3.82. The number of halogens is 2. The number of benzene rings is 1. The molecule has 38 heavy (non-hydrogen) atoms. The summed E-state index contributed by atoms with van der Waals surface area (Å²) in [5.74, 6) is -0.507. The van der Waals surface area contributed by atoms with Crippen molar-refractivity contribution in [3.8, 4) is 5.75 Å². The minimum absolute atomic E-state index is 0.199. The van der Waals surface area contributed by atoms with Crippen LogP contribution in [0, 0.1) is 0 Å². The fourth-order valence-corrected chi connectivity index (χ4v) is 5.96. The fourth-order valence-electron chi connectivity index (χ4n) is 3.54. The number of ether oxygens (including phenoxy) is 2. The average Bonchev–Trinajstić information content (AvgIpc) is 3.09. The lowest BCUT2D eigenvalue weighted by Crippen LogP contribution is -2.53. The molecule has 2 aromatic rings. The molecule has 1 aromatic heterocycles. The Bertz CT molecular complexity index is 1280. The Balaban J connectivity index is 1.90. The third-order valence-corrected chi connectivity index (χ3v) is 7.92. The second-order valence-electron chi connectivity index (χ2n) is 8.73. The van der Waals surface area contributed by atoms with Crippen LogP contribution >= 0.6 is 6.64 Å². The first-order chi connectivity index (χ1) is 17.8. The molecule has 210 valence electrons. The highest BCUT2D eigenvalue weighted by molar-refractivity contribution is 8.09. The number of aromatic nitrogens is 2.